The van der Waals surface area contributed by atoms with Gasteiger partial charge < -0.3 is 9.97 Å². The van der Waals surface area contributed by atoms with E-state index in [4.69, 9.17) is 19.9 Å². The van der Waals surface area contributed by atoms with Crippen LogP contribution in [0.25, 0.3) is 90.9 Å². The number of hydrogen-bond acceptors (Lipinski definition) is 2. The zero-order valence-electron chi connectivity index (χ0n) is 31.4. The molecule has 0 spiro atoms. The summed E-state index contributed by atoms with van der Waals surface area (Å²) in [4.78, 5) is 21.5. The van der Waals surface area contributed by atoms with Gasteiger partial charge in [-0.25, -0.2) is 28.2 Å². The smallest absolute Gasteiger partial charge is 0.657 e. The first-order valence-corrected chi connectivity index (χ1v) is 18.2. The van der Waals surface area contributed by atoms with Gasteiger partial charge in [0, 0.05) is 48.5 Å². The molecule has 0 N–H and O–H groups in total. The van der Waals surface area contributed by atoms with E-state index in [1.807, 2.05) is 34.8 Å². The Morgan fingerprint density at radius 3 is 0.909 bits per heavy atom. The second-order valence-electron chi connectivity index (χ2n) is 14.2. The van der Waals surface area contributed by atoms with Gasteiger partial charge in [-0.2, -0.15) is 0 Å². The third-order valence-electron chi connectivity index (χ3n) is 10.1. The van der Waals surface area contributed by atoms with Crippen LogP contribution in [0.2, 0.25) is 0 Å². The van der Waals surface area contributed by atoms with Crippen LogP contribution < -0.4 is 28.2 Å². The van der Waals surface area contributed by atoms with Gasteiger partial charge in [0.1, 0.15) is 21.1 Å². The van der Waals surface area contributed by atoms with Crippen LogP contribution in [0.4, 0.5) is 0 Å². The van der Waals surface area contributed by atoms with Crippen molar-refractivity contribution in [1.82, 2.24) is 19.9 Å². The number of aryl methyl sites for hydroxylation is 3. The average molecular weight is 761 g/mol. The van der Waals surface area contributed by atoms with Crippen molar-refractivity contribution >= 4 is 46.4 Å². The summed E-state index contributed by atoms with van der Waals surface area (Å²) in [6, 6.07) is 25.9. The van der Waals surface area contributed by atoms with Crippen LogP contribution in [0.3, 0.4) is 0 Å². The van der Waals surface area contributed by atoms with Gasteiger partial charge >= 0.3 is 17.1 Å². The van der Waals surface area contributed by atoms with E-state index in [-0.39, 0.29) is 17.1 Å². The molecule has 9 rings (SSSR count). The summed E-state index contributed by atoms with van der Waals surface area (Å²) < 4.78 is 8.32. The van der Waals surface area contributed by atoms with E-state index in [2.05, 4.69) is 165 Å². The minimum Gasteiger partial charge on any atom is -0.657 e. The quantitative estimate of drug-likeness (QED) is 0.141. The molecule has 55 heavy (non-hydrogen) atoms. The van der Waals surface area contributed by atoms with Crippen molar-refractivity contribution in [1.29, 1.82) is 0 Å². The Morgan fingerprint density at radius 2 is 0.655 bits per heavy atom. The largest absolute Gasteiger partial charge is 2.00 e. The van der Waals surface area contributed by atoms with E-state index in [1.165, 1.54) is 0 Å². The molecule has 7 aromatic heterocycles. The summed E-state index contributed by atoms with van der Waals surface area (Å²) in [7, 11) is 6.08. The molecule has 8 bridgehead atoms. The van der Waals surface area contributed by atoms with Crippen LogP contribution in [0.15, 0.2) is 122 Å². The van der Waals surface area contributed by atoms with Gasteiger partial charge in [0.2, 0.25) is 0 Å². The molecule has 9 heterocycles. The molecule has 9 heteroatoms. The summed E-state index contributed by atoms with van der Waals surface area (Å²) in [5.41, 5.74) is 14.8. The molecule has 0 saturated heterocycles. The Labute approximate surface area is 331 Å². The molecular formula is C46H40FeN8+4. The molecular weight excluding hydrogens is 720 g/mol. The minimum atomic E-state index is 0. The molecule has 0 amide bonds. The van der Waals surface area contributed by atoms with Crippen molar-refractivity contribution < 1.29 is 35.3 Å². The van der Waals surface area contributed by atoms with Crippen LogP contribution in [-0.2, 0) is 38.2 Å². The maximum absolute atomic E-state index is 5.39. The minimum absolute atomic E-state index is 0. The van der Waals surface area contributed by atoms with Gasteiger partial charge in [-0.1, -0.05) is 24.3 Å². The van der Waals surface area contributed by atoms with Crippen molar-refractivity contribution in [2.75, 3.05) is 0 Å². The van der Waals surface area contributed by atoms with E-state index < -0.39 is 0 Å². The molecule has 2 aliphatic rings. The Bertz CT molecular complexity index is 2750. The Morgan fingerprint density at radius 1 is 0.400 bits per heavy atom. The standard InChI is InChI=1S/C46H40N8.Fe/c1-30(2)54-28-20-34(21-29-54)46-41-12-10-39(49-41)44(32-16-24-52(4)25-17-32)37-8-6-35(47-37)43(31-14-22-51(3)23-15-31)36-7-9-38(48-36)45(40-11-13-42(46)50-40)33-18-26-53(5)27-19-33;/h6-30H,1-5H3;/q2*+2. The van der Waals surface area contributed by atoms with E-state index in [0.717, 1.165) is 89.4 Å². The number of nitrogens with zero attached hydrogens (tertiary/aromatic N) is 8. The molecule has 0 fully saturated rings. The van der Waals surface area contributed by atoms with Gasteiger partial charge in [0.25, 0.3) is 0 Å². The van der Waals surface area contributed by atoms with Crippen LogP contribution in [0.1, 0.15) is 42.7 Å². The van der Waals surface area contributed by atoms with Gasteiger partial charge in [0.15, 0.2) is 55.6 Å². The van der Waals surface area contributed by atoms with Gasteiger partial charge in [-0.05, 0) is 82.7 Å². The fourth-order valence-corrected chi connectivity index (χ4v) is 7.22. The van der Waals surface area contributed by atoms with Gasteiger partial charge in [-0.3, -0.25) is 0 Å². The summed E-state index contributed by atoms with van der Waals surface area (Å²) >= 11 is 0. The SMILES string of the molecule is CC(C)[n+]1ccc(-c2c3nc(c(-c4cc[n+](C)cc4)c4ccc([n-]4)c(-c4cc[n+](C)cc4)c4nc(c(-c5cc[n+](C)cc5)c5ccc2[n-]5)C=C4)C=C3)cc1.[Fe+2]. The van der Waals surface area contributed by atoms with Crippen LogP contribution in [-0.4, -0.2) is 9.97 Å². The van der Waals surface area contributed by atoms with Crippen molar-refractivity contribution in [3.05, 3.63) is 145 Å². The van der Waals surface area contributed by atoms with Gasteiger partial charge in [0.05, 0.1) is 22.8 Å². The topological polar surface area (TPSA) is 69.5 Å². The maximum atomic E-state index is 5.39. The summed E-state index contributed by atoms with van der Waals surface area (Å²) in [5, 5.41) is 0. The third kappa shape index (κ3) is 6.73. The summed E-state index contributed by atoms with van der Waals surface area (Å²) in [5.74, 6) is 0. The molecule has 0 radical (unpaired) electrons. The Kier molecular flexibility index (Phi) is 9.43. The number of hydrogen-bond donors (Lipinski definition) is 0. The molecule has 0 unspecified atom stereocenters. The van der Waals surface area contributed by atoms with Crippen molar-refractivity contribution in [3.8, 4) is 44.5 Å². The fourth-order valence-electron chi connectivity index (χ4n) is 7.22. The molecule has 7 aromatic rings. The predicted octanol–water partition coefficient (Wildman–Crippen LogP) is 6.92. The molecule has 2 aliphatic heterocycles. The first-order valence-electron chi connectivity index (χ1n) is 18.2. The summed E-state index contributed by atoms with van der Waals surface area (Å²) in [6.45, 7) is 4.37. The fraction of sp³-hybridized carbons (Fsp3) is 0.130. The second-order valence-corrected chi connectivity index (χ2v) is 14.2. The van der Waals surface area contributed by atoms with Crippen molar-refractivity contribution in [3.63, 3.8) is 0 Å². The monoisotopic (exact) mass is 760 g/mol. The predicted molar refractivity (Wildman–Crippen MR) is 213 cm³/mol. The van der Waals surface area contributed by atoms with E-state index in [1.54, 1.807) is 0 Å². The first kappa shape index (κ1) is 35.7. The second kappa shape index (κ2) is 14.5. The third-order valence-corrected chi connectivity index (χ3v) is 10.1. The molecule has 0 aromatic carbocycles. The maximum Gasteiger partial charge on any atom is 2.00 e. The number of rotatable bonds is 5. The number of fused-ring (bicyclic) bond motifs is 8. The number of pyridine rings is 4. The Balaban J connectivity index is 0.00000427. The number of aromatic nitrogens is 8. The molecule has 268 valence electrons. The molecule has 8 nitrogen and oxygen atoms in total. The molecule has 0 atom stereocenters. The van der Waals surface area contributed by atoms with Crippen molar-refractivity contribution in [2.45, 2.75) is 19.9 Å². The Hall–Kier alpha value is -6.28. The van der Waals surface area contributed by atoms with E-state index in [0.29, 0.717) is 6.04 Å². The first-order chi connectivity index (χ1) is 26.3. The van der Waals surface area contributed by atoms with Crippen LogP contribution in [0, 0.1) is 0 Å². The van der Waals surface area contributed by atoms with Crippen LogP contribution in [0.5, 0.6) is 0 Å². The molecule has 0 saturated carbocycles. The zero-order chi connectivity index (χ0) is 36.9. The zero-order valence-corrected chi connectivity index (χ0v) is 32.5. The van der Waals surface area contributed by atoms with E-state index in [9.17, 15) is 0 Å². The van der Waals surface area contributed by atoms with Crippen LogP contribution >= 0.6 is 0 Å². The molecule has 0 aliphatic carbocycles. The van der Waals surface area contributed by atoms with E-state index >= 15 is 0 Å². The normalized spacial score (nSPS) is 12.0. The van der Waals surface area contributed by atoms with Gasteiger partial charge in [-0.15, -0.1) is 22.1 Å². The average Bonchev–Trinajstić information content (AvgIpc) is 4.02. The summed E-state index contributed by atoms with van der Waals surface area (Å²) in [6.07, 6.45) is 25.1. The van der Waals surface area contributed by atoms with Crippen molar-refractivity contribution in [2.24, 2.45) is 21.1 Å².